The average Bonchev–Trinajstić information content (AvgIpc) is 2.89. The van der Waals surface area contributed by atoms with Crippen LogP contribution in [0.1, 0.15) is 45.7 Å². The Morgan fingerprint density at radius 2 is 1.60 bits per heavy atom. The second-order valence-electron chi connectivity index (χ2n) is 8.02. The second-order valence-corrected chi connectivity index (χ2v) is 8.02. The van der Waals surface area contributed by atoms with Gasteiger partial charge in [0, 0.05) is 24.2 Å². The molecule has 184 valence electrons. The highest BCUT2D eigenvalue weighted by Gasteiger charge is 2.11. The molecule has 3 N–H and O–H groups in total. The van der Waals surface area contributed by atoms with E-state index in [9.17, 15) is 9.59 Å². The smallest absolute Gasteiger partial charge is 0.252 e. The van der Waals surface area contributed by atoms with Crippen LogP contribution in [-0.2, 0) is 13.2 Å². The quantitative estimate of drug-likeness (QED) is 0.390. The van der Waals surface area contributed by atoms with Crippen LogP contribution < -0.4 is 20.5 Å². The molecule has 0 aliphatic heterocycles. The largest absolute Gasteiger partial charge is 0.492 e. The summed E-state index contributed by atoms with van der Waals surface area (Å²) in [5.41, 5.74) is 7.97. The van der Waals surface area contributed by atoms with E-state index in [1.807, 2.05) is 30.3 Å². The summed E-state index contributed by atoms with van der Waals surface area (Å²) in [6.07, 6.45) is 0. The molecular formula is C28H33N3O4. The number of nitrogens with two attached hydrogens (primary N) is 1. The fraction of sp³-hybridized carbons (Fsp3) is 0.286. The molecule has 7 heteroatoms. The van der Waals surface area contributed by atoms with Crippen molar-refractivity contribution in [2.45, 2.75) is 27.0 Å². The van der Waals surface area contributed by atoms with Crippen molar-refractivity contribution in [3.05, 3.63) is 95.1 Å². The van der Waals surface area contributed by atoms with Crippen molar-refractivity contribution < 1.29 is 19.1 Å². The summed E-state index contributed by atoms with van der Waals surface area (Å²) >= 11 is 0. The lowest BCUT2D eigenvalue weighted by atomic mass is 10.1. The minimum Gasteiger partial charge on any atom is -0.492 e. The molecule has 0 radical (unpaired) electrons. The Kier molecular flexibility index (Phi) is 9.69. The number of para-hydroxylation sites is 2. The Hall–Kier alpha value is -3.84. The van der Waals surface area contributed by atoms with Crippen LogP contribution in [0.5, 0.6) is 11.5 Å². The lowest BCUT2D eigenvalue weighted by Crippen LogP contribution is -2.28. The van der Waals surface area contributed by atoms with Crippen molar-refractivity contribution in [2.24, 2.45) is 5.73 Å². The molecule has 0 aliphatic rings. The van der Waals surface area contributed by atoms with Crippen molar-refractivity contribution in [3.63, 3.8) is 0 Å². The normalized spacial score (nSPS) is 10.7. The third-order valence-electron chi connectivity index (χ3n) is 5.71. The third-order valence-corrected chi connectivity index (χ3v) is 5.71. The van der Waals surface area contributed by atoms with E-state index in [2.05, 4.69) is 24.1 Å². The number of nitrogens with one attached hydrogen (secondary N) is 1. The standard InChI is InChI=1S/C28H33N3O4/c1-3-31(4-2)16-17-34-25-14-7-5-11-23(25)19-30-28(33)22-12-9-10-21(18-22)20-35-26-15-8-6-13-24(26)27(29)32/h5-15,18H,3-4,16-17,19-20H2,1-2H3,(H2,29,32)(H,30,33). The number of ether oxygens (including phenoxy) is 2. The number of hydrogen-bond donors (Lipinski definition) is 2. The molecule has 0 saturated heterocycles. The molecule has 3 aromatic rings. The summed E-state index contributed by atoms with van der Waals surface area (Å²) < 4.78 is 11.8. The molecular weight excluding hydrogens is 442 g/mol. The van der Waals surface area contributed by atoms with Crippen LogP contribution in [0.2, 0.25) is 0 Å². The summed E-state index contributed by atoms with van der Waals surface area (Å²) in [5.74, 6) is 0.441. The Morgan fingerprint density at radius 1 is 0.886 bits per heavy atom. The molecule has 0 spiro atoms. The van der Waals surface area contributed by atoms with Gasteiger partial charge in [0.05, 0.1) is 5.56 Å². The van der Waals surface area contributed by atoms with Crippen LogP contribution in [-0.4, -0.2) is 43.0 Å². The van der Waals surface area contributed by atoms with E-state index < -0.39 is 5.91 Å². The lowest BCUT2D eigenvalue weighted by Gasteiger charge is -2.19. The number of carbonyl (C=O) groups excluding carboxylic acids is 2. The maximum absolute atomic E-state index is 12.8. The molecule has 0 atom stereocenters. The van der Waals surface area contributed by atoms with Crippen molar-refractivity contribution in [3.8, 4) is 11.5 Å². The fourth-order valence-electron chi connectivity index (χ4n) is 3.65. The number of likely N-dealkylation sites (N-methyl/N-ethyl adjacent to an activating group) is 1. The van der Waals surface area contributed by atoms with Gasteiger partial charge in [-0.1, -0.05) is 56.3 Å². The van der Waals surface area contributed by atoms with Gasteiger partial charge in [0.15, 0.2) is 0 Å². The van der Waals surface area contributed by atoms with Gasteiger partial charge in [-0.3, -0.25) is 9.59 Å². The first-order chi connectivity index (χ1) is 17.0. The summed E-state index contributed by atoms with van der Waals surface area (Å²) in [6, 6.07) is 21.7. The predicted octanol–water partition coefficient (Wildman–Crippen LogP) is 4.02. The number of primary amides is 1. The van der Waals surface area contributed by atoms with E-state index in [0.29, 0.717) is 30.0 Å². The van der Waals surface area contributed by atoms with Gasteiger partial charge in [0.25, 0.3) is 11.8 Å². The Bertz CT molecular complexity index is 1130. The molecule has 0 aromatic heterocycles. The Balaban J connectivity index is 1.58. The van der Waals surface area contributed by atoms with Crippen LogP contribution in [0.15, 0.2) is 72.8 Å². The summed E-state index contributed by atoms with van der Waals surface area (Å²) in [6.45, 7) is 8.24. The first-order valence-electron chi connectivity index (χ1n) is 11.8. The summed E-state index contributed by atoms with van der Waals surface area (Å²) in [4.78, 5) is 26.7. The minimum absolute atomic E-state index is 0.192. The zero-order valence-corrected chi connectivity index (χ0v) is 20.3. The van der Waals surface area contributed by atoms with Gasteiger partial charge in [-0.15, -0.1) is 0 Å². The number of nitrogens with zero attached hydrogens (tertiary/aromatic N) is 1. The summed E-state index contributed by atoms with van der Waals surface area (Å²) in [5, 5.41) is 2.97. The molecule has 0 saturated carbocycles. The topological polar surface area (TPSA) is 93.9 Å². The molecule has 7 nitrogen and oxygen atoms in total. The van der Waals surface area contributed by atoms with E-state index in [4.69, 9.17) is 15.2 Å². The Morgan fingerprint density at radius 3 is 2.34 bits per heavy atom. The number of amides is 2. The molecule has 0 heterocycles. The highest BCUT2D eigenvalue weighted by Crippen LogP contribution is 2.20. The van der Waals surface area contributed by atoms with Crippen LogP contribution in [0.3, 0.4) is 0 Å². The van der Waals surface area contributed by atoms with Gasteiger partial charge in [0.1, 0.15) is 24.7 Å². The average molecular weight is 476 g/mol. The Labute approximate surface area is 206 Å². The van der Waals surface area contributed by atoms with E-state index in [1.165, 1.54) is 0 Å². The zero-order valence-electron chi connectivity index (χ0n) is 20.3. The maximum Gasteiger partial charge on any atom is 0.252 e. The van der Waals surface area contributed by atoms with Crippen molar-refractivity contribution in [1.29, 1.82) is 0 Å². The molecule has 35 heavy (non-hydrogen) atoms. The van der Waals surface area contributed by atoms with Gasteiger partial charge in [-0.2, -0.15) is 0 Å². The van der Waals surface area contributed by atoms with Crippen LogP contribution >= 0.6 is 0 Å². The van der Waals surface area contributed by atoms with Crippen molar-refractivity contribution in [1.82, 2.24) is 10.2 Å². The maximum atomic E-state index is 12.8. The highest BCUT2D eigenvalue weighted by molar-refractivity contribution is 5.95. The molecule has 0 bridgehead atoms. The van der Waals surface area contributed by atoms with Crippen LogP contribution in [0.25, 0.3) is 0 Å². The number of benzene rings is 3. The molecule has 3 rings (SSSR count). The van der Waals surface area contributed by atoms with Gasteiger partial charge in [-0.05, 0) is 49.0 Å². The molecule has 0 aliphatic carbocycles. The minimum atomic E-state index is -0.550. The first kappa shape index (κ1) is 25.8. The van der Waals surface area contributed by atoms with Gasteiger partial charge < -0.3 is 25.4 Å². The molecule has 0 fully saturated rings. The second kappa shape index (κ2) is 13.2. The van der Waals surface area contributed by atoms with Gasteiger partial charge >= 0.3 is 0 Å². The summed E-state index contributed by atoms with van der Waals surface area (Å²) in [7, 11) is 0. The SMILES string of the molecule is CCN(CC)CCOc1ccccc1CNC(=O)c1cccc(COc2ccccc2C(N)=O)c1. The first-order valence-corrected chi connectivity index (χ1v) is 11.8. The van der Waals surface area contributed by atoms with Crippen molar-refractivity contribution >= 4 is 11.8 Å². The fourth-order valence-corrected chi connectivity index (χ4v) is 3.65. The lowest BCUT2D eigenvalue weighted by molar-refractivity contribution is 0.0949. The molecule has 0 unspecified atom stereocenters. The number of hydrogen-bond acceptors (Lipinski definition) is 5. The van der Waals surface area contributed by atoms with E-state index in [0.717, 1.165) is 36.5 Å². The zero-order chi connectivity index (χ0) is 25.0. The van der Waals surface area contributed by atoms with Gasteiger partial charge in [-0.25, -0.2) is 0 Å². The number of rotatable bonds is 13. The van der Waals surface area contributed by atoms with Crippen LogP contribution in [0.4, 0.5) is 0 Å². The third kappa shape index (κ3) is 7.58. The number of carbonyl (C=O) groups is 2. The predicted molar refractivity (Wildman–Crippen MR) is 137 cm³/mol. The van der Waals surface area contributed by atoms with E-state index >= 15 is 0 Å². The van der Waals surface area contributed by atoms with Gasteiger partial charge in [0.2, 0.25) is 0 Å². The molecule has 2 amide bonds. The monoisotopic (exact) mass is 475 g/mol. The van der Waals surface area contributed by atoms with E-state index in [1.54, 1.807) is 42.5 Å². The van der Waals surface area contributed by atoms with E-state index in [-0.39, 0.29) is 12.5 Å². The highest BCUT2D eigenvalue weighted by atomic mass is 16.5. The van der Waals surface area contributed by atoms with Crippen LogP contribution in [0, 0.1) is 0 Å². The molecule has 3 aromatic carbocycles. The van der Waals surface area contributed by atoms with Crippen molar-refractivity contribution in [2.75, 3.05) is 26.2 Å².